The molecule has 1 aliphatic carbocycles. The number of halogens is 3. The van der Waals surface area contributed by atoms with Gasteiger partial charge in [-0.2, -0.15) is 13.2 Å². The molecule has 0 radical (unpaired) electrons. The monoisotopic (exact) mass is 473 g/mol. The summed E-state index contributed by atoms with van der Waals surface area (Å²) in [6, 6.07) is 4.08. The van der Waals surface area contributed by atoms with Gasteiger partial charge in [-0.15, -0.1) is 11.3 Å². The second-order valence-electron chi connectivity index (χ2n) is 8.63. The fraction of sp³-hybridized carbons (Fsp3) is 0.391. The van der Waals surface area contributed by atoms with E-state index in [0.717, 1.165) is 37.1 Å². The number of thiazole rings is 1. The molecule has 33 heavy (non-hydrogen) atoms. The molecule has 0 aromatic carbocycles. The van der Waals surface area contributed by atoms with Crippen molar-refractivity contribution in [3.05, 3.63) is 58.9 Å². The third-order valence-corrected chi connectivity index (χ3v) is 7.13. The van der Waals surface area contributed by atoms with Crippen molar-refractivity contribution in [1.29, 1.82) is 0 Å². The van der Waals surface area contributed by atoms with Crippen LogP contribution in [0, 0.1) is 12.8 Å². The van der Waals surface area contributed by atoms with Crippen LogP contribution in [0.1, 0.15) is 40.7 Å². The Morgan fingerprint density at radius 3 is 2.70 bits per heavy atom. The molecule has 2 saturated heterocycles. The number of anilines is 1. The maximum atomic E-state index is 13.7. The summed E-state index contributed by atoms with van der Waals surface area (Å²) in [6.07, 6.45) is 2.55. The number of fused-ring (bicyclic) bond motifs is 3. The van der Waals surface area contributed by atoms with E-state index < -0.39 is 11.7 Å². The van der Waals surface area contributed by atoms with Gasteiger partial charge in [0.2, 0.25) is 0 Å². The lowest BCUT2D eigenvalue weighted by Gasteiger charge is -2.50. The molecule has 172 valence electrons. The van der Waals surface area contributed by atoms with Gasteiger partial charge in [0, 0.05) is 36.6 Å². The van der Waals surface area contributed by atoms with Gasteiger partial charge in [-0.05, 0) is 55.9 Å². The maximum absolute atomic E-state index is 13.7. The summed E-state index contributed by atoms with van der Waals surface area (Å²) < 4.78 is 38.6. The maximum Gasteiger partial charge on any atom is 0.417 e. The fourth-order valence-corrected chi connectivity index (χ4v) is 5.46. The Bertz CT molecular complexity index is 1150. The first kappa shape index (κ1) is 21.8. The summed E-state index contributed by atoms with van der Waals surface area (Å²) in [6.45, 7) is 2.56. The van der Waals surface area contributed by atoms with Gasteiger partial charge in [0.1, 0.15) is 16.5 Å². The molecule has 3 aliphatic rings. The van der Waals surface area contributed by atoms with E-state index in [1.54, 1.807) is 12.4 Å². The third kappa shape index (κ3) is 4.31. The highest BCUT2D eigenvalue weighted by Gasteiger charge is 2.44. The van der Waals surface area contributed by atoms with E-state index in [9.17, 15) is 18.0 Å². The van der Waals surface area contributed by atoms with Crippen molar-refractivity contribution >= 4 is 23.1 Å². The molecular formula is C23H22F3N5OS. The molecule has 3 aromatic heterocycles. The van der Waals surface area contributed by atoms with Crippen molar-refractivity contribution in [3.8, 4) is 10.7 Å². The number of amides is 1. The number of carbonyl (C=O) groups excluding carboxylic acids is 1. The van der Waals surface area contributed by atoms with Gasteiger partial charge in [-0.1, -0.05) is 0 Å². The van der Waals surface area contributed by atoms with Crippen molar-refractivity contribution in [2.75, 3.05) is 11.9 Å². The zero-order valence-electron chi connectivity index (χ0n) is 17.8. The third-order valence-electron chi connectivity index (χ3n) is 6.35. The van der Waals surface area contributed by atoms with Crippen LogP contribution >= 0.6 is 11.3 Å². The second-order valence-corrected chi connectivity index (χ2v) is 9.53. The van der Waals surface area contributed by atoms with Crippen LogP contribution in [-0.2, 0) is 6.18 Å². The number of hydrogen-bond acceptors (Lipinski definition) is 6. The highest BCUT2D eigenvalue weighted by atomic mass is 32.1. The van der Waals surface area contributed by atoms with Crippen molar-refractivity contribution in [1.82, 2.24) is 19.9 Å². The average molecular weight is 474 g/mol. The Hall–Kier alpha value is -3.01. The lowest BCUT2D eigenvalue weighted by Crippen LogP contribution is -2.59. The van der Waals surface area contributed by atoms with Gasteiger partial charge in [0.05, 0.1) is 17.2 Å². The highest BCUT2D eigenvalue weighted by molar-refractivity contribution is 7.13. The molecule has 6 nitrogen and oxygen atoms in total. The molecule has 5 heterocycles. The van der Waals surface area contributed by atoms with Gasteiger partial charge in [0.15, 0.2) is 0 Å². The molecule has 3 aromatic rings. The van der Waals surface area contributed by atoms with Gasteiger partial charge < -0.3 is 10.2 Å². The first-order valence-corrected chi connectivity index (χ1v) is 11.6. The van der Waals surface area contributed by atoms with Crippen molar-refractivity contribution in [2.24, 2.45) is 5.92 Å². The smallest absolute Gasteiger partial charge is 0.365 e. The van der Waals surface area contributed by atoms with Gasteiger partial charge in [0.25, 0.3) is 5.91 Å². The number of pyridine rings is 2. The predicted molar refractivity (Wildman–Crippen MR) is 119 cm³/mol. The topological polar surface area (TPSA) is 71.0 Å². The molecule has 2 aliphatic heterocycles. The first-order valence-electron chi connectivity index (χ1n) is 10.8. The minimum atomic E-state index is -4.42. The van der Waals surface area contributed by atoms with E-state index in [0.29, 0.717) is 34.5 Å². The van der Waals surface area contributed by atoms with E-state index in [-0.39, 0.29) is 18.0 Å². The lowest BCUT2D eigenvalue weighted by atomic mass is 9.76. The zero-order chi connectivity index (χ0) is 23.2. The predicted octanol–water partition coefficient (Wildman–Crippen LogP) is 5.03. The van der Waals surface area contributed by atoms with E-state index in [1.807, 2.05) is 23.3 Å². The number of nitrogens with one attached hydrogen (secondary N) is 1. The van der Waals surface area contributed by atoms with Crippen LogP contribution in [0.4, 0.5) is 19.0 Å². The molecular weight excluding hydrogens is 451 g/mol. The Balaban J connectivity index is 1.39. The standard InChI is InChI=1S/C23H22F3N5OS/c1-13-8-16(20(29-10-13)21-27-6-7-33-21)22(32)31-12-14-2-4-18(31)17(9-14)30-19-5-3-15(11-28-19)23(24,25)26/h3,5-8,10-11,14,17-18H,2,4,9,12H2,1H3,(H,28,30). The number of carbonyl (C=O) groups is 1. The largest absolute Gasteiger partial charge is 0.417 e. The van der Waals surface area contributed by atoms with Crippen molar-refractivity contribution < 1.29 is 18.0 Å². The number of rotatable bonds is 4. The van der Waals surface area contributed by atoms with Crippen LogP contribution in [0.5, 0.6) is 0 Å². The summed E-state index contributed by atoms with van der Waals surface area (Å²) in [7, 11) is 0. The number of nitrogens with zero attached hydrogens (tertiary/aromatic N) is 4. The number of aromatic nitrogens is 3. The van der Waals surface area contributed by atoms with Gasteiger partial charge in [-0.25, -0.2) is 9.97 Å². The van der Waals surface area contributed by atoms with Crippen LogP contribution in [0.3, 0.4) is 0 Å². The minimum absolute atomic E-state index is 0.0729. The molecule has 3 unspecified atom stereocenters. The lowest BCUT2D eigenvalue weighted by molar-refractivity contribution is -0.137. The number of aryl methyl sites for hydroxylation is 1. The Morgan fingerprint density at radius 1 is 1.18 bits per heavy atom. The molecule has 6 rings (SSSR count). The molecule has 2 bridgehead atoms. The van der Waals surface area contributed by atoms with Crippen molar-refractivity contribution in [3.63, 3.8) is 0 Å². The first-order chi connectivity index (χ1) is 15.8. The van der Waals surface area contributed by atoms with E-state index in [2.05, 4.69) is 20.3 Å². The Morgan fingerprint density at radius 2 is 2.03 bits per heavy atom. The second kappa shape index (κ2) is 8.40. The summed E-state index contributed by atoms with van der Waals surface area (Å²) in [4.78, 5) is 28.4. The van der Waals surface area contributed by atoms with Crippen LogP contribution in [0.25, 0.3) is 10.7 Å². The van der Waals surface area contributed by atoms with Crippen LogP contribution in [-0.4, -0.2) is 44.4 Å². The van der Waals surface area contributed by atoms with E-state index in [4.69, 9.17) is 0 Å². The summed E-state index contributed by atoms with van der Waals surface area (Å²) >= 11 is 1.44. The number of piperidine rings is 2. The Labute approximate surface area is 192 Å². The molecule has 1 saturated carbocycles. The minimum Gasteiger partial charge on any atom is -0.365 e. The fourth-order valence-electron chi connectivity index (χ4n) is 4.82. The summed E-state index contributed by atoms with van der Waals surface area (Å²) in [5, 5.41) is 5.83. The summed E-state index contributed by atoms with van der Waals surface area (Å²) in [5.41, 5.74) is 1.22. The number of alkyl halides is 3. The highest BCUT2D eigenvalue weighted by Crippen LogP contribution is 2.38. The summed E-state index contributed by atoms with van der Waals surface area (Å²) in [5.74, 6) is 0.624. The quantitative estimate of drug-likeness (QED) is 0.575. The van der Waals surface area contributed by atoms with Gasteiger partial charge in [-0.3, -0.25) is 9.78 Å². The van der Waals surface area contributed by atoms with Crippen LogP contribution < -0.4 is 5.32 Å². The molecule has 1 amide bonds. The van der Waals surface area contributed by atoms with Crippen LogP contribution in [0.2, 0.25) is 0 Å². The number of hydrogen-bond donors (Lipinski definition) is 1. The normalized spacial score (nSPS) is 22.4. The van der Waals surface area contributed by atoms with E-state index in [1.165, 1.54) is 17.4 Å². The molecule has 3 atom stereocenters. The molecule has 3 fully saturated rings. The van der Waals surface area contributed by atoms with Gasteiger partial charge >= 0.3 is 6.18 Å². The SMILES string of the molecule is Cc1cnc(-c2nccs2)c(C(=O)N2CC3CCC2C(Nc2ccc(C(F)(F)F)cn2)C3)c1. The molecule has 10 heteroatoms. The van der Waals surface area contributed by atoms with E-state index >= 15 is 0 Å². The average Bonchev–Trinajstić information content (AvgIpc) is 3.33. The molecule has 1 N–H and O–H groups in total. The zero-order valence-corrected chi connectivity index (χ0v) is 18.7. The molecule has 0 spiro atoms. The van der Waals surface area contributed by atoms with Crippen molar-refractivity contribution in [2.45, 2.75) is 44.4 Å². The Kier molecular flexibility index (Phi) is 5.55. The van der Waals surface area contributed by atoms with Crippen LogP contribution in [0.15, 0.2) is 42.2 Å².